The molecule has 0 aromatic heterocycles. The molecule has 0 amide bonds. The molecule has 2 heteroatoms. The molecule has 0 N–H and O–H groups in total. The van der Waals surface area contributed by atoms with Crippen molar-refractivity contribution in [2.45, 2.75) is 57.3 Å². The van der Waals surface area contributed by atoms with Gasteiger partial charge in [-0.15, -0.1) is 0 Å². The Bertz CT molecular complexity index is 1410. The Kier molecular flexibility index (Phi) is 6.17. The Morgan fingerprint density at radius 1 is 0.622 bits per heavy atom. The van der Waals surface area contributed by atoms with Gasteiger partial charge < -0.3 is 4.90 Å². The van der Waals surface area contributed by atoms with E-state index in [1.54, 1.807) is 5.56 Å². The van der Waals surface area contributed by atoms with Gasteiger partial charge in [-0.25, -0.2) is 0 Å². The van der Waals surface area contributed by atoms with Crippen molar-refractivity contribution >= 4 is 33.0 Å². The number of benzene rings is 4. The highest BCUT2D eigenvalue weighted by atomic mass is 79.9. The van der Waals surface area contributed by atoms with Crippen LogP contribution in [-0.2, 0) is 25.7 Å². The number of anilines is 3. The normalized spacial score (nSPS) is 22.1. The minimum atomic E-state index is 0.771. The molecule has 4 aromatic rings. The lowest BCUT2D eigenvalue weighted by Gasteiger charge is -2.29. The second-order valence-electron chi connectivity index (χ2n) is 11.4. The van der Waals surface area contributed by atoms with Crippen LogP contribution in [0.1, 0.15) is 59.4 Å². The van der Waals surface area contributed by atoms with Gasteiger partial charge in [0.25, 0.3) is 0 Å². The maximum atomic E-state index is 3.82. The average molecular weight is 549 g/mol. The molecule has 37 heavy (non-hydrogen) atoms. The zero-order valence-corrected chi connectivity index (χ0v) is 23.0. The second kappa shape index (κ2) is 9.80. The molecule has 0 aliphatic heterocycles. The zero-order chi connectivity index (χ0) is 24.8. The molecule has 0 saturated heterocycles. The van der Waals surface area contributed by atoms with Crippen molar-refractivity contribution in [3.8, 4) is 0 Å². The molecule has 3 atom stereocenters. The number of nitrogens with zero attached hydrogens (tertiary/aromatic N) is 1. The van der Waals surface area contributed by atoms with E-state index in [1.807, 2.05) is 0 Å². The maximum absolute atomic E-state index is 3.82. The minimum Gasteiger partial charge on any atom is -0.310 e. The van der Waals surface area contributed by atoms with E-state index in [0.29, 0.717) is 0 Å². The molecule has 3 unspecified atom stereocenters. The van der Waals surface area contributed by atoms with Crippen molar-refractivity contribution in [2.75, 3.05) is 4.90 Å². The molecule has 2 saturated carbocycles. The van der Waals surface area contributed by atoms with Crippen LogP contribution in [0.2, 0.25) is 0 Å². The first-order chi connectivity index (χ1) is 18.2. The first kappa shape index (κ1) is 23.3. The van der Waals surface area contributed by atoms with Crippen molar-refractivity contribution in [1.29, 1.82) is 0 Å². The number of halogens is 1. The fourth-order valence-corrected chi connectivity index (χ4v) is 7.84. The standard InChI is InChI=1S/C35H34BrN/c36-34-22-24-6-11-28(34)12-7-25-9-14-29(13-8-24)35(23-25)37(31-4-2-1-3-5-31)32-18-16-27(17-19-32)33-21-26-10-15-30(33)20-26/h1-6,9,11,14,16-19,22-23,26,30,33H,7-8,10,12-13,15,20-21H2. The second-order valence-corrected chi connectivity index (χ2v) is 12.3. The molecule has 0 spiro atoms. The smallest absolute Gasteiger partial charge is 0.0496 e. The summed E-state index contributed by atoms with van der Waals surface area (Å²) in [6.45, 7) is 0. The summed E-state index contributed by atoms with van der Waals surface area (Å²) >= 11 is 3.82. The Morgan fingerprint density at radius 3 is 2.03 bits per heavy atom. The summed E-state index contributed by atoms with van der Waals surface area (Å²) in [5.41, 5.74) is 11.0. The molecule has 186 valence electrons. The third-order valence-corrected chi connectivity index (χ3v) is 9.94. The summed E-state index contributed by atoms with van der Waals surface area (Å²) in [6.07, 6.45) is 9.89. The number of para-hydroxylation sites is 1. The van der Waals surface area contributed by atoms with Crippen LogP contribution < -0.4 is 4.90 Å². The Labute approximate surface area is 229 Å². The predicted octanol–water partition coefficient (Wildman–Crippen LogP) is 9.71. The van der Waals surface area contributed by atoms with Gasteiger partial charge in [0.05, 0.1) is 0 Å². The Morgan fingerprint density at radius 2 is 1.32 bits per heavy atom. The molecular formula is C35H34BrN. The molecule has 2 fully saturated rings. The van der Waals surface area contributed by atoms with E-state index in [9.17, 15) is 0 Å². The summed E-state index contributed by atoms with van der Waals surface area (Å²) in [6, 6.07) is 34.7. The van der Waals surface area contributed by atoms with Crippen LogP contribution in [0.5, 0.6) is 0 Å². The zero-order valence-electron chi connectivity index (χ0n) is 21.4. The van der Waals surface area contributed by atoms with Gasteiger partial charge in [-0.3, -0.25) is 0 Å². The maximum Gasteiger partial charge on any atom is 0.0496 e. The molecule has 4 aromatic carbocycles. The largest absolute Gasteiger partial charge is 0.310 e. The van der Waals surface area contributed by atoms with E-state index in [-0.39, 0.29) is 0 Å². The van der Waals surface area contributed by atoms with Gasteiger partial charge in [0.2, 0.25) is 0 Å². The topological polar surface area (TPSA) is 3.24 Å². The van der Waals surface area contributed by atoms with Crippen LogP contribution in [0.3, 0.4) is 0 Å². The van der Waals surface area contributed by atoms with Gasteiger partial charge in [-0.05, 0) is 127 Å². The lowest BCUT2D eigenvalue weighted by Crippen LogP contribution is -2.14. The van der Waals surface area contributed by atoms with Gasteiger partial charge in [0, 0.05) is 21.5 Å². The van der Waals surface area contributed by atoms with E-state index >= 15 is 0 Å². The number of hydrogen-bond acceptors (Lipinski definition) is 1. The van der Waals surface area contributed by atoms with Gasteiger partial charge in [-0.2, -0.15) is 0 Å². The summed E-state index contributed by atoms with van der Waals surface area (Å²) in [5, 5.41) is 0. The minimum absolute atomic E-state index is 0.771. The van der Waals surface area contributed by atoms with Crippen LogP contribution in [0.4, 0.5) is 17.1 Å². The number of fused-ring (bicyclic) bond motifs is 2. The highest BCUT2D eigenvalue weighted by Crippen LogP contribution is 2.53. The van der Waals surface area contributed by atoms with Crippen LogP contribution in [-0.4, -0.2) is 0 Å². The molecule has 1 nitrogen and oxygen atoms in total. The summed E-state index contributed by atoms with van der Waals surface area (Å²) in [7, 11) is 0. The molecule has 0 radical (unpaired) electrons. The summed E-state index contributed by atoms with van der Waals surface area (Å²) < 4.78 is 1.25. The monoisotopic (exact) mass is 547 g/mol. The van der Waals surface area contributed by atoms with Gasteiger partial charge >= 0.3 is 0 Å². The van der Waals surface area contributed by atoms with Gasteiger partial charge in [0.15, 0.2) is 0 Å². The SMILES string of the molecule is Brc1cc2ccc1CCc1ccc(c(N(c3ccccc3)c3ccc(C4CC5CCC4C5)cc3)c1)CC2. The van der Waals surface area contributed by atoms with Crippen LogP contribution in [0.15, 0.2) is 95.5 Å². The molecule has 10 rings (SSSR count). The van der Waals surface area contributed by atoms with Crippen molar-refractivity contribution < 1.29 is 0 Å². The molecule has 0 heterocycles. The first-order valence-corrected chi connectivity index (χ1v) is 14.8. The first-order valence-electron chi connectivity index (χ1n) is 14.1. The highest BCUT2D eigenvalue weighted by Gasteiger charge is 2.40. The van der Waals surface area contributed by atoms with E-state index in [4.69, 9.17) is 0 Å². The van der Waals surface area contributed by atoms with Crippen LogP contribution in [0, 0.1) is 11.8 Å². The predicted molar refractivity (Wildman–Crippen MR) is 158 cm³/mol. The number of rotatable bonds is 4. The molecule has 6 aliphatic carbocycles. The Hall–Kier alpha value is -2.84. The van der Waals surface area contributed by atoms with E-state index < -0.39 is 0 Å². The van der Waals surface area contributed by atoms with Crippen molar-refractivity contribution in [1.82, 2.24) is 0 Å². The number of hydrogen-bond donors (Lipinski definition) is 0. The van der Waals surface area contributed by atoms with Crippen LogP contribution in [0.25, 0.3) is 0 Å². The molecule has 6 aliphatic rings. The third-order valence-electron chi connectivity index (χ3n) is 9.21. The third kappa shape index (κ3) is 4.55. The molecule has 6 bridgehead atoms. The van der Waals surface area contributed by atoms with Gasteiger partial charge in [0.1, 0.15) is 0 Å². The van der Waals surface area contributed by atoms with Crippen LogP contribution >= 0.6 is 15.9 Å². The van der Waals surface area contributed by atoms with E-state index in [1.165, 1.54) is 69.5 Å². The summed E-state index contributed by atoms with van der Waals surface area (Å²) in [5.74, 6) is 2.66. The van der Waals surface area contributed by atoms with E-state index in [2.05, 4.69) is 112 Å². The number of aryl methyl sites for hydroxylation is 4. The fourth-order valence-electron chi connectivity index (χ4n) is 7.22. The fraction of sp³-hybridized carbons (Fsp3) is 0.314. The summed E-state index contributed by atoms with van der Waals surface area (Å²) in [4.78, 5) is 2.49. The highest BCUT2D eigenvalue weighted by molar-refractivity contribution is 9.10. The lowest BCUT2D eigenvalue weighted by atomic mass is 9.83. The van der Waals surface area contributed by atoms with Crippen molar-refractivity contribution in [2.24, 2.45) is 11.8 Å². The molecular weight excluding hydrogens is 514 g/mol. The lowest BCUT2D eigenvalue weighted by molar-refractivity contribution is 0.420. The Balaban J connectivity index is 1.28. The van der Waals surface area contributed by atoms with Crippen molar-refractivity contribution in [3.63, 3.8) is 0 Å². The van der Waals surface area contributed by atoms with E-state index in [0.717, 1.165) is 43.4 Å². The van der Waals surface area contributed by atoms with Crippen molar-refractivity contribution in [3.05, 3.63) is 123 Å². The quantitative estimate of drug-likeness (QED) is 0.245. The average Bonchev–Trinajstić information content (AvgIpc) is 3.56. The van der Waals surface area contributed by atoms with Gasteiger partial charge in [-0.1, -0.05) is 76.9 Å².